The Morgan fingerprint density at radius 2 is 2.07 bits per heavy atom. The molecule has 0 fully saturated rings. The van der Waals surface area contributed by atoms with Crippen LogP contribution in [0.3, 0.4) is 0 Å². The molecule has 1 aliphatic carbocycles. The highest BCUT2D eigenvalue weighted by Crippen LogP contribution is 2.43. The number of allylic oxidation sites excluding steroid dienone is 4. The first kappa shape index (κ1) is 20.7. The summed E-state index contributed by atoms with van der Waals surface area (Å²) in [6, 6.07) is 1.08. The molecular weight excluding hydrogens is 439 g/mol. The van der Waals surface area contributed by atoms with Crippen molar-refractivity contribution in [2.75, 3.05) is 0 Å². The number of hydrogen-bond acceptors (Lipinski definition) is 6. The van der Waals surface area contributed by atoms with E-state index in [1.54, 1.807) is 6.92 Å². The van der Waals surface area contributed by atoms with Crippen molar-refractivity contribution in [3.63, 3.8) is 0 Å². The Balaban J connectivity index is 2.08. The van der Waals surface area contributed by atoms with Crippen molar-refractivity contribution < 1.29 is 33.0 Å². The van der Waals surface area contributed by atoms with Crippen LogP contribution in [0.2, 0.25) is 0 Å². The van der Waals surface area contributed by atoms with E-state index in [4.69, 9.17) is 16.7 Å². The van der Waals surface area contributed by atoms with Crippen molar-refractivity contribution in [3.8, 4) is 0 Å². The molecule has 5 nitrogen and oxygen atoms in total. The molecule has 2 heterocycles. The fourth-order valence-electron chi connectivity index (χ4n) is 2.92. The lowest BCUT2D eigenvalue weighted by atomic mass is 9.85. The van der Waals surface area contributed by atoms with Gasteiger partial charge in [0.05, 0.1) is 26.9 Å². The number of carboxylic acids is 1. The number of hydrogen-bond donors (Lipinski definition) is 2. The number of carboxylic acid groups (broad SMARTS) is 1. The minimum Gasteiger partial charge on any atom is -0.506 e. The van der Waals surface area contributed by atoms with Crippen molar-refractivity contribution in [3.05, 3.63) is 50.2 Å². The zero-order valence-electron chi connectivity index (χ0n) is 14.1. The van der Waals surface area contributed by atoms with E-state index in [2.05, 4.69) is 4.99 Å². The number of ketones is 1. The zero-order valence-corrected chi connectivity index (χ0v) is 16.4. The molecule has 148 valence electrons. The number of fused-ring (bicyclic) bond motifs is 1. The largest absolute Gasteiger partial charge is 0.506 e. The van der Waals surface area contributed by atoms with E-state index >= 15 is 0 Å². The number of nitrogens with zero attached hydrogens (tertiary/aromatic N) is 1. The predicted molar refractivity (Wildman–Crippen MR) is 100 cm³/mol. The number of thioether (sulfide) groups is 1. The molecule has 0 saturated carbocycles. The van der Waals surface area contributed by atoms with Gasteiger partial charge in [-0.15, -0.1) is 11.3 Å². The topological polar surface area (TPSA) is 87.0 Å². The lowest BCUT2D eigenvalue weighted by Crippen LogP contribution is -2.19. The second-order valence-electron chi connectivity index (χ2n) is 5.90. The van der Waals surface area contributed by atoms with Crippen LogP contribution in [0.15, 0.2) is 53.9 Å². The summed E-state index contributed by atoms with van der Waals surface area (Å²) >= 11 is 6.43. The molecule has 0 amide bonds. The first-order valence-electron chi connectivity index (χ1n) is 7.69. The molecule has 1 aliphatic heterocycles. The number of aliphatic imine (C=N–C) groups is 1. The molecule has 11 heteroatoms. The lowest BCUT2D eigenvalue weighted by molar-refractivity contribution is -0.136. The smallest absolute Gasteiger partial charge is 0.447 e. The number of aliphatic hydroxyl groups excluding tert-OH is 1. The van der Waals surface area contributed by atoms with Gasteiger partial charge in [0, 0.05) is 28.6 Å². The molecule has 2 aliphatic rings. The average molecular weight is 450 g/mol. The average Bonchev–Trinajstić information content (AvgIpc) is 3.12. The van der Waals surface area contributed by atoms with Gasteiger partial charge in [-0.3, -0.25) is 14.6 Å². The van der Waals surface area contributed by atoms with Crippen LogP contribution in [-0.4, -0.2) is 33.2 Å². The van der Waals surface area contributed by atoms with Gasteiger partial charge in [0.15, 0.2) is 5.78 Å². The summed E-state index contributed by atoms with van der Waals surface area (Å²) in [5, 5.41) is 20.8. The standard InChI is InChI=1S/C17H11ClF3NO4S2/c1-6-8(3-11(23)24)13-10(22-6)4-9(18)16(26)14(13)15(25)7-2-12(27-5-7)28-17(19,20)21/h2,5,26H,3-4H2,1H3,(H,23,24). The normalized spacial score (nSPS) is 17.2. The Kier molecular flexibility index (Phi) is 5.48. The molecule has 0 atom stereocenters. The number of aliphatic hydroxyl groups is 1. The summed E-state index contributed by atoms with van der Waals surface area (Å²) < 4.78 is 37.5. The highest BCUT2D eigenvalue weighted by molar-refractivity contribution is 8.01. The van der Waals surface area contributed by atoms with Gasteiger partial charge in [-0.1, -0.05) is 11.6 Å². The zero-order chi connectivity index (χ0) is 20.8. The van der Waals surface area contributed by atoms with Gasteiger partial charge < -0.3 is 10.2 Å². The van der Waals surface area contributed by atoms with Gasteiger partial charge in [-0.05, 0) is 30.3 Å². The highest BCUT2D eigenvalue weighted by atomic mass is 35.5. The summed E-state index contributed by atoms with van der Waals surface area (Å²) in [6.07, 6.45) is -0.395. The van der Waals surface area contributed by atoms with E-state index in [-0.39, 0.29) is 49.7 Å². The van der Waals surface area contributed by atoms with Gasteiger partial charge >= 0.3 is 11.5 Å². The summed E-state index contributed by atoms with van der Waals surface area (Å²) in [5.41, 5.74) is -3.62. The predicted octanol–water partition coefficient (Wildman–Crippen LogP) is 5.45. The van der Waals surface area contributed by atoms with Crippen molar-refractivity contribution in [2.24, 2.45) is 4.99 Å². The summed E-state index contributed by atoms with van der Waals surface area (Å²) in [7, 11) is 0. The maximum atomic E-state index is 13.0. The van der Waals surface area contributed by atoms with Gasteiger partial charge in [0.2, 0.25) is 0 Å². The Hall–Kier alpha value is -2.04. The van der Waals surface area contributed by atoms with Crippen LogP contribution in [0.5, 0.6) is 0 Å². The molecule has 0 spiro atoms. The Morgan fingerprint density at radius 1 is 1.39 bits per heavy atom. The van der Waals surface area contributed by atoms with E-state index < -0.39 is 29.4 Å². The number of alkyl halides is 3. The molecular formula is C17H11ClF3NO4S2. The van der Waals surface area contributed by atoms with Crippen LogP contribution in [0.1, 0.15) is 30.1 Å². The second kappa shape index (κ2) is 7.41. The number of thiophene rings is 1. The van der Waals surface area contributed by atoms with E-state index in [1.807, 2.05) is 0 Å². The minimum absolute atomic E-state index is 0.0266. The van der Waals surface area contributed by atoms with Gasteiger partial charge in [0.1, 0.15) is 5.76 Å². The van der Waals surface area contributed by atoms with Crippen LogP contribution >= 0.6 is 34.7 Å². The Bertz CT molecular complexity index is 1020. The van der Waals surface area contributed by atoms with Crippen LogP contribution in [-0.2, 0) is 4.79 Å². The van der Waals surface area contributed by atoms with E-state index in [9.17, 15) is 27.9 Å². The first-order chi connectivity index (χ1) is 13.0. The summed E-state index contributed by atoms with van der Waals surface area (Å²) in [4.78, 5) is 28.5. The van der Waals surface area contributed by atoms with E-state index in [0.29, 0.717) is 11.4 Å². The maximum absolute atomic E-state index is 13.0. The molecule has 2 N–H and O–H groups in total. The van der Waals surface area contributed by atoms with Crippen LogP contribution < -0.4 is 0 Å². The van der Waals surface area contributed by atoms with E-state index in [1.165, 1.54) is 5.38 Å². The molecule has 1 aromatic rings. The molecule has 0 unspecified atom stereocenters. The lowest BCUT2D eigenvalue weighted by Gasteiger charge is -2.19. The minimum atomic E-state index is -4.50. The Morgan fingerprint density at radius 3 is 2.68 bits per heavy atom. The number of rotatable bonds is 5. The first-order valence-corrected chi connectivity index (χ1v) is 9.76. The number of aliphatic carboxylic acids is 1. The summed E-state index contributed by atoms with van der Waals surface area (Å²) in [5.74, 6) is -2.42. The van der Waals surface area contributed by atoms with Gasteiger partial charge in [0.25, 0.3) is 0 Å². The maximum Gasteiger partial charge on any atom is 0.447 e. The van der Waals surface area contributed by atoms with Crippen LogP contribution in [0.25, 0.3) is 0 Å². The fraction of sp³-hybridized carbons (Fsp3) is 0.235. The van der Waals surface area contributed by atoms with Crippen molar-refractivity contribution in [1.82, 2.24) is 0 Å². The van der Waals surface area contributed by atoms with Crippen LogP contribution in [0.4, 0.5) is 13.2 Å². The SMILES string of the molecule is CC1=C(CC(=O)O)C2=C(C(=O)c3csc(SC(F)(F)F)c3)C(O)=C(Cl)CC2=N1. The molecule has 28 heavy (non-hydrogen) atoms. The number of halogens is 4. The molecule has 0 bridgehead atoms. The number of Topliss-reactive ketones (excluding diaryl/α,β-unsaturated/α-hetero) is 1. The van der Waals surface area contributed by atoms with Gasteiger partial charge in [-0.2, -0.15) is 13.2 Å². The molecule has 0 radical (unpaired) electrons. The fourth-order valence-corrected chi connectivity index (χ4v) is 4.79. The molecule has 1 aromatic heterocycles. The highest BCUT2D eigenvalue weighted by Gasteiger charge is 2.37. The third-order valence-electron chi connectivity index (χ3n) is 4.01. The van der Waals surface area contributed by atoms with Gasteiger partial charge in [-0.25, -0.2) is 0 Å². The molecule has 0 saturated heterocycles. The third kappa shape index (κ3) is 4.03. The number of carbonyl (C=O) groups is 2. The quantitative estimate of drug-likeness (QED) is 0.460. The second-order valence-corrected chi connectivity index (χ2v) is 8.64. The van der Waals surface area contributed by atoms with E-state index in [0.717, 1.165) is 17.4 Å². The monoisotopic (exact) mass is 449 g/mol. The molecule has 0 aromatic carbocycles. The molecule has 3 rings (SSSR count). The number of carbonyl (C=O) groups excluding carboxylic acids is 1. The third-order valence-corrected chi connectivity index (χ3v) is 6.13. The summed E-state index contributed by atoms with van der Waals surface area (Å²) in [6.45, 7) is 1.58. The Labute approximate surface area is 169 Å². The van der Waals surface area contributed by atoms with Crippen molar-refractivity contribution in [2.45, 2.75) is 29.5 Å². The van der Waals surface area contributed by atoms with Crippen LogP contribution in [0, 0.1) is 0 Å². The van der Waals surface area contributed by atoms with Crippen molar-refractivity contribution in [1.29, 1.82) is 0 Å². The van der Waals surface area contributed by atoms with Crippen molar-refractivity contribution >= 4 is 52.2 Å².